The van der Waals surface area contributed by atoms with Crippen LogP contribution < -0.4 is 5.73 Å². The topological polar surface area (TPSA) is 59.2 Å². The number of pyridine rings is 1. The summed E-state index contributed by atoms with van der Waals surface area (Å²) in [6.07, 6.45) is 3.68. The second-order valence-electron chi connectivity index (χ2n) is 5.30. The van der Waals surface area contributed by atoms with E-state index in [1.165, 1.54) is 0 Å². The fourth-order valence-electron chi connectivity index (χ4n) is 2.83. The van der Waals surface area contributed by atoms with Crippen molar-refractivity contribution in [3.8, 4) is 0 Å². The Balaban J connectivity index is 1.88. The second-order valence-corrected chi connectivity index (χ2v) is 5.30. The fraction of sp³-hybridized carbons (Fsp3) is 0.294. The Kier molecular flexibility index (Phi) is 3.97. The Bertz CT molecular complexity index is 654. The predicted octanol–water partition coefficient (Wildman–Crippen LogP) is 2.13. The van der Waals surface area contributed by atoms with Gasteiger partial charge in [0.1, 0.15) is 0 Å². The molecule has 0 spiro atoms. The molecule has 1 aliphatic rings. The van der Waals surface area contributed by atoms with E-state index in [-0.39, 0.29) is 5.91 Å². The molecule has 1 aromatic heterocycles. The number of benzene rings is 1. The average Bonchev–Trinajstić information content (AvgIpc) is 2.68. The zero-order valence-corrected chi connectivity index (χ0v) is 12.0. The van der Waals surface area contributed by atoms with Gasteiger partial charge in [0, 0.05) is 31.4 Å². The van der Waals surface area contributed by atoms with Gasteiger partial charge in [-0.05, 0) is 36.1 Å². The number of aromatic nitrogens is 1. The van der Waals surface area contributed by atoms with Gasteiger partial charge in [-0.25, -0.2) is 0 Å². The van der Waals surface area contributed by atoms with Gasteiger partial charge in [-0.15, -0.1) is 0 Å². The highest BCUT2D eigenvalue weighted by Crippen LogP contribution is 2.20. The summed E-state index contributed by atoms with van der Waals surface area (Å²) in [4.78, 5) is 18.9. The van der Waals surface area contributed by atoms with E-state index in [9.17, 15) is 4.79 Å². The molecule has 0 atom stereocenters. The molecule has 1 amide bonds. The van der Waals surface area contributed by atoms with Gasteiger partial charge in [0.2, 0.25) is 0 Å². The van der Waals surface area contributed by atoms with Crippen molar-refractivity contribution < 1.29 is 4.79 Å². The lowest BCUT2D eigenvalue weighted by Gasteiger charge is -2.22. The quantitative estimate of drug-likeness (QED) is 0.937. The van der Waals surface area contributed by atoms with Crippen molar-refractivity contribution in [3.63, 3.8) is 0 Å². The minimum Gasteiger partial charge on any atom is -0.334 e. The van der Waals surface area contributed by atoms with Crippen LogP contribution in [0.1, 0.15) is 33.6 Å². The minimum absolute atomic E-state index is 0.106. The largest absolute Gasteiger partial charge is 0.334 e. The van der Waals surface area contributed by atoms with E-state index in [0.29, 0.717) is 13.1 Å². The van der Waals surface area contributed by atoms with Gasteiger partial charge >= 0.3 is 0 Å². The minimum atomic E-state index is 0.106. The normalized spacial score (nSPS) is 14.7. The number of aryl methyl sites for hydroxylation is 1. The molecule has 2 heterocycles. The molecule has 1 aliphatic heterocycles. The first-order valence-corrected chi connectivity index (χ1v) is 7.29. The number of nitrogens with zero attached hydrogens (tertiary/aromatic N) is 2. The molecule has 2 aromatic rings. The Morgan fingerprint density at radius 1 is 1.19 bits per heavy atom. The molecule has 0 saturated carbocycles. The number of hydrogen-bond acceptors (Lipinski definition) is 3. The Labute approximate surface area is 124 Å². The number of hydrogen-bond donors (Lipinski definition) is 1. The van der Waals surface area contributed by atoms with E-state index in [1.807, 2.05) is 41.3 Å². The summed E-state index contributed by atoms with van der Waals surface area (Å²) in [7, 11) is 0. The Morgan fingerprint density at radius 2 is 2.05 bits per heavy atom. The van der Waals surface area contributed by atoms with E-state index in [2.05, 4.69) is 4.98 Å². The molecule has 4 heteroatoms. The lowest BCUT2D eigenvalue weighted by molar-refractivity contribution is 0.0748. The smallest absolute Gasteiger partial charge is 0.254 e. The van der Waals surface area contributed by atoms with Crippen molar-refractivity contribution in [1.82, 2.24) is 9.88 Å². The van der Waals surface area contributed by atoms with Crippen LogP contribution in [0.2, 0.25) is 0 Å². The Morgan fingerprint density at radius 3 is 2.90 bits per heavy atom. The third-order valence-electron chi connectivity index (χ3n) is 3.95. The van der Waals surface area contributed by atoms with Gasteiger partial charge in [-0.1, -0.05) is 24.3 Å². The van der Waals surface area contributed by atoms with Crippen LogP contribution in [0.15, 0.2) is 42.6 Å². The summed E-state index contributed by atoms with van der Waals surface area (Å²) < 4.78 is 0. The summed E-state index contributed by atoms with van der Waals surface area (Å²) in [6, 6.07) is 11.8. The monoisotopic (exact) mass is 281 g/mol. The zero-order chi connectivity index (χ0) is 14.7. The zero-order valence-electron chi connectivity index (χ0n) is 12.0. The summed E-state index contributed by atoms with van der Waals surface area (Å²) in [6.45, 7) is 1.74. The van der Waals surface area contributed by atoms with Gasteiger partial charge in [0.15, 0.2) is 0 Å². The molecule has 1 aromatic carbocycles. The van der Waals surface area contributed by atoms with Crippen LogP contribution in [0, 0.1) is 0 Å². The molecule has 4 nitrogen and oxygen atoms in total. The standard InChI is InChI=1S/C17H19N3O/c18-11-16-14(6-3-9-19-16)12-20-10-4-7-13-5-1-2-8-15(13)17(20)21/h1-3,5-6,8-9H,4,7,10-12,18H2. The molecule has 108 valence electrons. The van der Waals surface area contributed by atoms with E-state index in [4.69, 9.17) is 5.73 Å². The van der Waals surface area contributed by atoms with Crippen molar-refractivity contribution in [1.29, 1.82) is 0 Å². The Hall–Kier alpha value is -2.20. The van der Waals surface area contributed by atoms with E-state index in [0.717, 1.165) is 41.8 Å². The van der Waals surface area contributed by atoms with Crippen LogP contribution in [-0.2, 0) is 19.5 Å². The van der Waals surface area contributed by atoms with E-state index < -0.39 is 0 Å². The molecular formula is C17H19N3O. The number of amides is 1. The number of carbonyl (C=O) groups is 1. The SMILES string of the molecule is NCc1ncccc1CN1CCCc2ccccc2C1=O. The lowest BCUT2D eigenvalue weighted by atomic mass is 10.0. The molecule has 0 radical (unpaired) electrons. The summed E-state index contributed by atoms with van der Waals surface area (Å²) >= 11 is 0. The van der Waals surface area contributed by atoms with Gasteiger partial charge in [0.25, 0.3) is 5.91 Å². The highest BCUT2D eigenvalue weighted by Gasteiger charge is 2.22. The first-order valence-electron chi connectivity index (χ1n) is 7.29. The molecule has 0 fully saturated rings. The van der Waals surface area contributed by atoms with Crippen molar-refractivity contribution in [2.24, 2.45) is 5.73 Å². The van der Waals surface area contributed by atoms with Crippen molar-refractivity contribution in [2.45, 2.75) is 25.9 Å². The van der Waals surface area contributed by atoms with E-state index in [1.54, 1.807) is 6.20 Å². The van der Waals surface area contributed by atoms with Crippen LogP contribution in [0.3, 0.4) is 0 Å². The molecule has 3 rings (SSSR count). The highest BCUT2D eigenvalue weighted by atomic mass is 16.2. The average molecular weight is 281 g/mol. The van der Waals surface area contributed by atoms with Crippen LogP contribution >= 0.6 is 0 Å². The van der Waals surface area contributed by atoms with Gasteiger partial charge in [-0.2, -0.15) is 0 Å². The molecule has 2 N–H and O–H groups in total. The maximum absolute atomic E-state index is 12.7. The third kappa shape index (κ3) is 2.81. The number of rotatable bonds is 3. The van der Waals surface area contributed by atoms with Gasteiger partial charge < -0.3 is 10.6 Å². The maximum atomic E-state index is 12.7. The van der Waals surface area contributed by atoms with E-state index >= 15 is 0 Å². The summed E-state index contributed by atoms with van der Waals surface area (Å²) in [5.41, 5.74) is 9.61. The summed E-state index contributed by atoms with van der Waals surface area (Å²) in [5.74, 6) is 0.106. The number of fused-ring (bicyclic) bond motifs is 1. The molecule has 0 saturated heterocycles. The molecule has 0 aliphatic carbocycles. The third-order valence-corrected chi connectivity index (χ3v) is 3.95. The van der Waals surface area contributed by atoms with Crippen LogP contribution in [-0.4, -0.2) is 22.3 Å². The van der Waals surface area contributed by atoms with Gasteiger partial charge in [0.05, 0.1) is 5.69 Å². The van der Waals surface area contributed by atoms with Crippen molar-refractivity contribution in [3.05, 3.63) is 65.0 Å². The molecular weight excluding hydrogens is 262 g/mol. The lowest BCUT2D eigenvalue weighted by Crippen LogP contribution is -2.31. The van der Waals surface area contributed by atoms with Crippen LogP contribution in [0.25, 0.3) is 0 Å². The predicted molar refractivity (Wildman–Crippen MR) is 81.6 cm³/mol. The first-order chi connectivity index (χ1) is 10.3. The number of nitrogens with two attached hydrogens (primary N) is 1. The van der Waals surface area contributed by atoms with Crippen molar-refractivity contribution >= 4 is 5.91 Å². The van der Waals surface area contributed by atoms with Crippen LogP contribution in [0.5, 0.6) is 0 Å². The fourth-order valence-corrected chi connectivity index (χ4v) is 2.83. The highest BCUT2D eigenvalue weighted by molar-refractivity contribution is 5.96. The molecule has 21 heavy (non-hydrogen) atoms. The molecule has 0 unspecified atom stereocenters. The molecule has 0 bridgehead atoms. The first kappa shape index (κ1) is 13.8. The second kappa shape index (κ2) is 6.06. The van der Waals surface area contributed by atoms with Crippen LogP contribution in [0.4, 0.5) is 0 Å². The summed E-state index contributed by atoms with van der Waals surface area (Å²) in [5, 5.41) is 0. The maximum Gasteiger partial charge on any atom is 0.254 e. The van der Waals surface area contributed by atoms with Crippen molar-refractivity contribution in [2.75, 3.05) is 6.54 Å². The number of carbonyl (C=O) groups excluding carboxylic acids is 1. The van der Waals surface area contributed by atoms with Gasteiger partial charge in [-0.3, -0.25) is 9.78 Å².